The first-order valence-electron chi connectivity index (χ1n) is 4.60. The van der Waals surface area contributed by atoms with Crippen molar-refractivity contribution in [2.24, 2.45) is 4.99 Å². The van der Waals surface area contributed by atoms with Gasteiger partial charge in [0.2, 0.25) is 6.08 Å². The predicted molar refractivity (Wildman–Crippen MR) is 59.9 cm³/mol. The Hall–Kier alpha value is -0.920. The van der Waals surface area contributed by atoms with Crippen LogP contribution in [0.2, 0.25) is 0 Å². The third-order valence-corrected chi connectivity index (χ3v) is 2.55. The summed E-state index contributed by atoms with van der Waals surface area (Å²) in [5.74, 6) is 0. The van der Waals surface area contributed by atoms with Crippen LogP contribution in [-0.4, -0.2) is 6.08 Å². The van der Waals surface area contributed by atoms with E-state index in [2.05, 4.69) is 27.8 Å². The van der Waals surface area contributed by atoms with Crippen molar-refractivity contribution in [3.8, 4) is 0 Å². The summed E-state index contributed by atoms with van der Waals surface area (Å²) < 4.78 is 1.03. The van der Waals surface area contributed by atoms with E-state index >= 15 is 0 Å². The molecule has 0 fully saturated rings. The lowest BCUT2D eigenvalue weighted by atomic mass is 10.0. The molecule has 2 nitrogen and oxygen atoms in total. The molecule has 0 aliphatic carbocycles. The summed E-state index contributed by atoms with van der Waals surface area (Å²) >= 11 is 3.36. The molecule has 0 amide bonds. The Labute approximate surface area is 92.2 Å². The Balaban J connectivity index is 2.87. The molecule has 1 atom stereocenters. The number of hydrogen-bond acceptors (Lipinski definition) is 2. The fraction of sp³-hybridized carbons (Fsp3) is 0.364. The Morgan fingerprint density at radius 2 is 2.07 bits per heavy atom. The van der Waals surface area contributed by atoms with Gasteiger partial charge in [-0.1, -0.05) is 41.4 Å². The molecule has 0 saturated carbocycles. The minimum Gasteiger partial charge on any atom is -0.211 e. The topological polar surface area (TPSA) is 29.4 Å². The number of isocyanates is 1. The van der Waals surface area contributed by atoms with E-state index in [1.54, 1.807) is 6.08 Å². The van der Waals surface area contributed by atoms with Crippen LogP contribution in [0.5, 0.6) is 0 Å². The molecule has 14 heavy (non-hydrogen) atoms. The molecule has 1 rings (SSSR count). The fourth-order valence-electron chi connectivity index (χ4n) is 1.33. The first-order valence-corrected chi connectivity index (χ1v) is 5.39. The van der Waals surface area contributed by atoms with E-state index < -0.39 is 0 Å². The van der Waals surface area contributed by atoms with Crippen LogP contribution in [0.15, 0.2) is 33.7 Å². The summed E-state index contributed by atoms with van der Waals surface area (Å²) in [6.07, 6.45) is 3.52. The monoisotopic (exact) mass is 253 g/mol. The molecule has 0 bridgehead atoms. The second-order valence-corrected chi connectivity index (χ2v) is 3.99. The minimum absolute atomic E-state index is 0.0365. The number of benzene rings is 1. The molecule has 0 aromatic heterocycles. The Kier molecular flexibility index (Phi) is 4.57. The summed E-state index contributed by atoms with van der Waals surface area (Å²) in [6, 6.07) is 7.83. The highest BCUT2D eigenvalue weighted by Gasteiger charge is 2.07. The summed E-state index contributed by atoms with van der Waals surface area (Å²) in [6.45, 7) is 2.08. The second kappa shape index (κ2) is 5.74. The maximum atomic E-state index is 10.2. The van der Waals surface area contributed by atoms with Gasteiger partial charge in [-0.05, 0) is 24.1 Å². The Bertz CT molecular complexity index is 328. The number of hydrogen-bond donors (Lipinski definition) is 0. The Morgan fingerprint density at radius 3 is 2.57 bits per heavy atom. The quantitative estimate of drug-likeness (QED) is 0.596. The van der Waals surface area contributed by atoms with Gasteiger partial charge in [0.05, 0.1) is 6.04 Å². The van der Waals surface area contributed by atoms with Gasteiger partial charge in [0.1, 0.15) is 0 Å². The van der Waals surface area contributed by atoms with Crippen molar-refractivity contribution in [1.82, 2.24) is 0 Å². The van der Waals surface area contributed by atoms with Crippen molar-refractivity contribution in [3.63, 3.8) is 0 Å². The van der Waals surface area contributed by atoms with Crippen molar-refractivity contribution in [2.45, 2.75) is 25.8 Å². The zero-order chi connectivity index (χ0) is 10.4. The lowest BCUT2D eigenvalue weighted by molar-refractivity contribution is 0.552. The minimum atomic E-state index is -0.0365. The molecule has 3 heteroatoms. The maximum absolute atomic E-state index is 10.2. The standard InChI is InChI=1S/C11H12BrNO/c1-2-3-11(13-8-14)9-4-6-10(12)7-5-9/h4-7,11H,2-3H2,1H3/t11-/m1/s1. The van der Waals surface area contributed by atoms with Crippen LogP contribution in [0, 0.1) is 0 Å². The highest BCUT2D eigenvalue weighted by Crippen LogP contribution is 2.23. The summed E-state index contributed by atoms with van der Waals surface area (Å²) in [5.41, 5.74) is 1.07. The van der Waals surface area contributed by atoms with Gasteiger partial charge in [-0.2, -0.15) is 4.99 Å². The number of nitrogens with zero attached hydrogens (tertiary/aromatic N) is 1. The first kappa shape index (κ1) is 11.2. The highest BCUT2D eigenvalue weighted by atomic mass is 79.9. The van der Waals surface area contributed by atoms with Crippen molar-refractivity contribution in [3.05, 3.63) is 34.3 Å². The molecule has 0 aliphatic heterocycles. The lowest BCUT2D eigenvalue weighted by Crippen LogP contribution is -1.94. The summed E-state index contributed by atoms with van der Waals surface area (Å²) in [7, 11) is 0. The number of carbonyl (C=O) groups excluding carboxylic acids is 1. The van der Waals surface area contributed by atoms with Crippen molar-refractivity contribution >= 4 is 22.0 Å². The molecule has 0 saturated heterocycles. The first-order chi connectivity index (χ1) is 6.77. The maximum Gasteiger partial charge on any atom is 0.235 e. The third kappa shape index (κ3) is 3.09. The van der Waals surface area contributed by atoms with Gasteiger partial charge in [-0.3, -0.25) is 0 Å². The summed E-state index contributed by atoms with van der Waals surface area (Å²) in [5, 5.41) is 0. The van der Waals surface area contributed by atoms with Gasteiger partial charge in [-0.15, -0.1) is 0 Å². The third-order valence-electron chi connectivity index (χ3n) is 2.03. The predicted octanol–water partition coefficient (Wildman–Crippen LogP) is 3.63. The van der Waals surface area contributed by atoms with E-state index in [1.807, 2.05) is 24.3 Å². The lowest BCUT2D eigenvalue weighted by Gasteiger charge is -2.09. The molecular formula is C11H12BrNO. The second-order valence-electron chi connectivity index (χ2n) is 3.08. The van der Waals surface area contributed by atoms with Gasteiger partial charge in [-0.25, -0.2) is 4.79 Å². The molecule has 0 aliphatic rings. The zero-order valence-electron chi connectivity index (χ0n) is 8.03. The fourth-order valence-corrected chi connectivity index (χ4v) is 1.59. The smallest absolute Gasteiger partial charge is 0.211 e. The molecule has 0 N–H and O–H groups in total. The zero-order valence-corrected chi connectivity index (χ0v) is 9.62. The molecule has 0 heterocycles. The SMILES string of the molecule is CCC[C@@H](N=C=O)c1ccc(Br)cc1. The van der Waals surface area contributed by atoms with Crippen LogP contribution in [0.25, 0.3) is 0 Å². The summed E-state index contributed by atoms with van der Waals surface area (Å²) in [4.78, 5) is 14.0. The molecule has 0 spiro atoms. The van der Waals surface area contributed by atoms with E-state index in [4.69, 9.17) is 0 Å². The molecule has 1 aromatic carbocycles. The van der Waals surface area contributed by atoms with Crippen LogP contribution >= 0.6 is 15.9 Å². The van der Waals surface area contributed by atoms with Crippen LogP contribution < -0.4 is 0 Å². The number of aliphatic imine (C=N–C) groups is 1. The van der Waals surface area contributed by atoms with E-state index in [-0.39, 0.29) is 6.04 Å². The largest absolute Gasteiger partial charge is 0.235 e. The molecule has 0 radical (unpaired) electrons. The molecule has 0 unspecified atom stereocenters. The van der Waals surface area contributed by atoms with E-state index in [0.717, 1.165) is 22.9 Å². The molecule has 1 aromatic rings. The van der Waals surface area contributed by atoms with E-state index in [9.17, 15) is 4.79 Å². The van der Waals surface area contributed by atoms with Crippen molar-refractivity contribution in [2.75, 3.05) is 0 Å². The Morgan fingerprint density at radius 1 is 1.43 bits per heavy atom. The molecule has 74 valence electrons. The number of rotatable bonds is 4. The van der Waals surface area contributed by atoms with Crippen LogP contribution in [0.4, 0.5) is 0 Å². The van der Waals surface area contributed by atoms with Gasteiger partial charge < -0.3 is 0 Å². The average Bonchev–Trinajstić information content (AvgIpc) is 2.19. The van der Waals surface area contributed by atoms with E-state index in [1.165, 1.54) is 0 Å². The van der Waals surface area contributed by atoms with Crippen LogP contribution in [-0.2, 0) is 4.79 Å². The molecular weight excluding hydrogens is 242 g/mol. The van der Waals surface area contributed by atoms with Crippen LogP contribution in [0.1, 0.15) is 31.4 Å². The van der Waals surface area contributed by atoms with Crippen molar-refractivity contribution in [1.29, 1.82) is 0 Å². The van der Waals surface area contributed by atoms with Gasteiger partial charge in [0.25, 0.3) is 0 Å². The average molecular weight is 254 g/mol. The van der Waals surface area contributed by atoms with E-state index in [0.29, 0.717) is 0 Å². The van der Waals surface area contributed by atoms with Crippen molar-refractivity contribution < 1.29 is 4.79 Å². The van der Waals surface area contributed by atoms with Gasteiger partial charge >= 0.3 is 0 Å². The van der Waals surface area contributed by atoms with Gasteiger partial charge in [0.15, 0.2) is 0 Å². The number of halogens is 1. The van der Waals surface area contributed by atoms with Gasteiger partial charge in [0, 0.05) is 4.47 Å². The normalized spacial score (nSPS) is 11.9. The highest BCUT2D eigenvalue weighted by molar-refractivity contribution is 9.10. The van der Waals surface area contributed by atoms with Crippen LogP contribution in [0.3, 0.4) is 0 Å².